The molecule has 2 aromatic rings. The molecule has 0 spiro atoms. The minimum absolute atomic E-state index is 0. The molecule has 3 N–H and O–H groups in total. The number of hydrogen-bond donors (Lipinski definition) is 2. The second kappa shape index (κ2) is 9.35. The number of nitrogens with one attached hydrogen (secondary N) is 1. The second-order valence-electron chi connectivity index (χ2n) is 5.04. The first-order chi connectivity index (χ1) is 10.7. The van der Waals surface area contributed by atoms with Crippen molar-refractivity contribution in [1.82, 2.24) is 5.32 Å². The maximum absolute atomic E-state index is 12.3. The average molecular weight is 339 g/mol. The van der Waals surface area contributed by atoms with E-state index >= 15 is 0 Å². The van der Waals surface area contributed by atoms with E-state index < -0.39 is 0 Å². The molecule has 1 aromatic heterocycles. The first-order valence-corrected chi connectivity index (χ1v) is 7.35. The van der Waals surface area contributed by atoms with Crippen molar-refractivity contribution in [2.75, 3.05) is 13.7 Å². The van der Waals surface area contributed by atoms with E-state index in [0.29, 0.717) is 24.5 Å². The predicted octanol–water partition coefficient (Wildman–Crippen LogP) is 2.84. The zero-order valence-corrected chi connectivity index (χ0v) is 14.2. The number of halogens is 1. The van der Waals surface area contributed by atoms with Crippen LogP contribution >= 0.6 is 12.4 Å². The van der Waals surface area contributed by atoms with E-state index in [2.05, 4.69) is 5.32 Å². The number of amides is 1. The fourth-order valence-electron chi connectivity index (χ4n) is 2.17. The number of hydrogen-bond acceptors (Lipinski definition) is 4. The Morgan fingerprint density at radius 3 is 2.48 bits per heavy atom. The molecule has 0 fully saturated rings. The largest absolute Gasteiger partial charge is 0.464 e. The smallest absolute Gasteiger partial charge is 0.251 e. The van der Waals surface area contributed by atoms with Crippen molar-refractivity contribution >= 4 is 18.3 Å². The van der Waals surface area contributed by atoms with Gasteiger partial charge in [0.05, 0.1) is 6.61 Å². The molecule has 1 amide bonds. The van der Waals surface area contributed by atoms with Crippen molar-refractivity contribution in [2.24, 2.45) is 5.73 Å². The molecule has 0 aliphatic rings. The highest BCUT2D eigenvalue weighted by atomic mass is 35.5. The number of benzene rings is 1. The van der Waals surface area contributed by atoms with Gasteiger partial charge in [0.1, 0.15) is 17.6 Å². The average Bonchev–Trinajstić information content (AvgIpc) is 3.03. The van der Waals surface area contributed by atoms with E-state index in [1.165, 1.54) is 0 Å². The number of carbonyl (C=O) groups is 1. The first kappa shape index (κ1) is 19.2. The quantitative estimate of drug-likeness (QED) is 0.813. The van der Waals surface area contributed by atoms with Crippen LogP contribution in [0, 0.1) is 0 Å². The topological polar surface area (TPSA) is 77.5 Å². The van der Waals surface area contributed by atoms with Crippen LogP contribution in [0.5, 0.6) is 0 Å². The van der Waals surface area contributed by atoms with Gasteiger partial charge in [0, 0.05) is 25.6 Å². The van der Waals surface area contributed by atoms with Crippen LogP contribution in [0.25, 0.3) is 0 Å². The fourth-order valence-corrected chi connectivity index (χ4v) is 2.17. The lowest BCUT2D eigenvalue weighted by Gasteiger charge is -2.16. The number of furan rings is 1. The summed E-state index contributed by atoms with van der Waals surface area (Å²) >= 11 is 0. The van der Waals surface area contributed by atoms with Gasteiger partial charge in [0.15, 0.2) is 0 Å². The molecular weight excluding hydrogens is 316 g/mol. The summed E-state index contributed by atoms with van der Waals surface area (Å²) in [5.41, 5.74) is 7.13. The monoisotopic (exact) mass is 338 g/mol. The Hall–Kier alpha value is -1.82. The third-order valence-electron chi connectivity index (χ3n) is 3.46. The lowest BCUT2D eigenvalue weighted by atomic mass is 10.1. The van der Waals surface area contributed by atoms with Gasteiger partial charge in [-0.1, -0.05) is 19.1 Å². The van der Waals surface area contributed by atoms with E-state index in [0.717, 1.165) is 17.7 Å². The molecule has 23 heavy (non-hydrogen) atoms. The molecule has 126 valence electrons. The Labute approximate surface area is 142 Å². The first-order valence-electron chi connectivity index (χ1n) is 7.35. The Balaban J connectivity index is 0.00000264. The Morgan fingerprint density at radius 1 is 1.26 bits per heavy atom. The number of aryl methyl sites for hydroxylation is 1. The number of carbonyl (C=O) groups excluding carboxylic acids is 1. The molecule has 0 aliphatic heterocycles. The van der Waals surface area contributed by atoms with Crippen molar-refractivity contribution in [2.45, 2.75) is 25.9 Å². The summed E-state index contributed by atoms with van der Waals surface area (Å²) in [5, 5.41) is 2.94. The minimum Gasteiger partial charge on any atom is -0.464 e. The second-order valence-corrected chi connectivity index (χ2v) is 5.04. The van der Waals surface area contributed by atoms with Gasteiger partial charge in [-0.25, -0.2) is 0 Å². The van der Waals surface area contributed by atoms with Crippen molar-refractivity contribution in [1.29, 1.82) is 0 Å². The van der Waals surface area contributed by atoms with Crippen molar-refractivity contribution in [3.63, 3.8) is 0 Å². The van der Waals surface area contributed by atoms with E-state index in [9.17, 15) is 4.79 Å². The Morgan fingerprint density at radius 2 is 1.96 bits per heavy atom. The SMILES string of the molecule is CCc1ccc(C(COC)NC(=O)c2ccc(CN)cc2)o1.Cl. The van der Waals surface area contributed by atoms with Crippen LogP contribution in [0.15, 0.2) is 40.8 Å². The molecule has 0 bridgehead atoms. The molecule has 0 radical (unpaired) electrons. The lowest BCUT2D eigenvalue weighted by molar-refractivity contribution is 0.0882. The highest BCUT2D eigenvalue weighted by molar-refractivity contribution is 5.94. The molecule has 1 heterocycles. The molecule has 1 atom stereocenters. The number of ether oxygens (including phenoxy) is 1. The summed E-state index contributed by atoms with van der Waals surface area (Å²) < 4.78 is 10.9. The van der Waals surface area contributed by atoms with Crippen LogP contribution in [0.3, 0.4) is 0 Å². The van der Waals surface area contributed by atoms with Crippen LogP contribution in [0.1, 0.15) is 40.4 Å². The molecular formula is C17H23ClN2O3. The summed E-state index contributed by atoms with van der Waals surface area (Å²) in [5.74, 6) is 1.42. The summed E-state index contributed by atoms with van der Waals surface area (Å²) in [4.78, 5) is 12.3. The van der Waals surface area contributed by atoms with Crippen LogP contribution in [0.4, 0.5) is 0 Å². The van der Waals surface area contributed by atoms with Gasteiger partial charge in [0.2, 0.25) is 0 Å². The summed E-state index contributed by atoms with van der Waals surface area (Å²) in [6, 6.07) is 10.7. The van der Waals surface area contributed by atoms with Gasteiger partial charge in [-0.15, -0.1) is 12.4 Å². The molecule has 0 saturated carbocycles. The zero-order valence-electron chi connectivity index (χ0n) is 13.4. The summed E-state index contributed by atoms with van der Waals surface area (Å²) in [6.07, 6.45) is 0.814. The molecule has 0 aliphatic carbocycles. The van der Waals surface area contributed by atoms with Gasteiger partial charge >= 0.3 is 0 Å². The van der Waals surface area contributed by atoms with Crippen molar-refractivity contribution < 1.29 is 13.9 Å². The maximum Gasteiger partial charge on any atom is 0.251 e. The minimum atomic E-state index is -0.313. The third kappa shape index (κ3) is 5.10. The van der Waals surface area contributed by atoms with Crippen molar-refractivity contribution in [3.05, 3.63) is 59.0 Å². The standard InChI is InChI=1S/C17H22N2O3.ClH/c1-3-14-8-9-16(22-14)15(11-21-2)19-17(20)13-6-4-12(10-18)5-7-13;/h4-9,15H,3,10-11,18H2,1-2H3,(H,19,20);1H. The van der Waals surface area contributed by atoms with Crippen molar-refractivity contribution in [3.8, 4) is 0 Å². The molecule has 6 heteroatoms. The maximum atomic E-state index is 12.3. The normalized spacial score (nSPS) is 11.6. The number of rotatable bonds is 7. The van der Waals surface area contributed by atoms with Gasteiger partial charge < -0.3 is 20.2 Å². The number of nitrogens with two attached hydrogens (primary N) is 1. The van der Waals surface area contributed by atoms with Gasteiger partial charge in [-0.05, 0) is 29.8 Å². The summed E-state index contributed by atoms with van der Waals surface area (Å²) in [7, 11) is 1.60. The van der Waals surface area contributed by atoms with Crippen LogP contribution in [-0.2, 0) is 17.7 Å². The van der Waals surface area contributed by atoms with Crippen LogP contribution < -0.4 is 11.1 Å². The molecule has 1 aromatic carbocycles. The van der Waals surface area contributed by atoms with E-state index in [4.69, 9.17) is 14.9 Å². The van der Waals surface area contributed by atoms with Gasteiger partial charge in [-0.3, -0.25) is 4.79 Å². The number of methoxy groups -OCH3 is 1. The lowest BCUT2D eigenvalue weighted by Crippen LogP contribution is -2.31. The molecule has 2 rings (SSSR count). The third-order valence-corrected chi connectivity index (χ3v) is 3.46. The Kier molecular flexibility index (Phi) is 7.81. The zero-order chi connectivity index (χ0) is 15.9. The van der Waals surface area contributed by atoms with Gasteiger partial charge in [0.25, 0.3) is 5.91 Å². The predicted molar refractivity (Wildman–Crippen MR) is 91.8 cm³/mol. The molecule has 0 saturated heterocycles. The molecule has 5 nitrogen and oxygen atoms in total. The highest BCUT2D eigenvalue weighted by Crippen LogP contribution is 2.18. The van der Waals surface area contributed by atoms with E-state index in [1.54, 1.807) is 19.2 Å². The van der Waals surface area contributed by atoms with Crippen LogP contribution in [-0.4, -0.2) is 19.6 Å². The van der Waals surface area contributed by atoms with Crippen LogP contribution in [0.2, 0.25) is 0 Å². The fraction of sp³-hybridized carbons (Fsp3) is 0.353. The van der Waals surface area contributed by atoms with E-state index in [1.807, 2.05) is 31.2 Å². The highest BCUT2D eigenvalue weighted by Gasteiger charge is 2.19. The molecule has 1 unspecified atom stereocenters. The van der Waals surface area contributed by atoms with E-state index in [-0.39, 0.29) is 24.4 Å². The summed E-state index contributed by atoms with van der Waals surface area (Å²) in [6.45, 7) is 2.83. The Bertz CT molecular complexity index is 611. The van der Waals surface area contributed by atoms with Gasteiger partial charge in [-0.2, -0.15) is 0 Å².